The topological polar surface area (TPSA) is 161 Å². The second-order valence-electron chi connectivity index (χ2n) is 9.17. The van der Waals surface area contributed by atoms with E-state index in [1.165, 1.54) is 6.20 Å². The maximum Gasteiger partial charge on any atom is 0.274 e. The number of para-hydroxylation sites is 1. The van der Waals surface area contributed by atoms with Crippen LogP contribution in [0.3, 0.4) is 0 Å². The molecule has 1 aliphatic carbocycles. The van der Waals surface area contributed by atoms with Crippen LogP contribution in [0.5, 0.6) is 0 Å². The summed E-state index contributed by atoms with van der Waals surface area (Å²) in [4.78, 5) is 37.6. The van der Waals surface area contributed by atoms with Crippen molar-refractivity contribution >= 4 is 45.7 Å². The zero-order valence-corrected chi connectivity index (χ0v) is 20.4. The Kier molecular flexibility index (Phi) is 7.09. The summed E-state index contributed by atoms with van der Waals surface area (Å²) in [6, 6.07) is 13.0. The molecule has 0 aliphatic heterocycles. The van der Waals surface area contributed by atoms with Gasteiger partial charge in [-0.25, -0.2) is 9.37 Å². The van der Waals surface area contributed by atoms with Crippen molar-refractivity contribution < 1.29 is 14.0 Å². The highest BCUT2D eigenvalue weighted by Gasteiger charge is 2.24. The van der Waals surface area contributed by atoms with Crippen LogP contribution in [0.1, 0.15) is 46.5 Å². The van der Waals surface area contributed by atoms with Crippen LogP contribution in [0.15, 0.2) is 60.9 Å². The number of rotatable bonds is 7. The maximum atomic E-state index is 14.8. The number of aromatic nitrogens is 3. The molecule has 38 heavy (non-hydrogen) atoms. The molecule has 4 aromatic rings. The van der Waals surface area contributed by atoms with Crippen LogP contribution < -0.4 is 27.4 Å². The van der Waals surface area contributed by atoms with Gasteiger partial charge in [-0.3, -0.25) is 19.6 Å². The molecule has 1 fully saturated rings. The number of primary amides is 1. The Balaban J connectivity index is 1.42. The molecule has 10 nitrogen and oxygen atoms in total. The number of anilines is 4. The second kappa shape index (κ2) is 10.8. The van der Waals surface area contributed by atoms with Crippen LogP contribution >= 0.6 is 0 Å². The number of amides is 2. The first kappa shape index (κ1) is 25.0. The van der Waals surface area contributed by atoms with E-state index in [1.54, 1.807) is 42.6 Å². The molecule has 2 amide bonds. The number of nitrogens with one attached hydrogen (secondary N) is 3. The van der Waals surface area contributed by atoms with E-state index in [2.05, 4.69) is 30.9 Å². The van der Waals surface area contributed by atoms with E-state index in [9.17, 15) is 14.0 Å². The highest BCUT2D eigenvalue weighted by atomic mass is 19.1. The van der Waals surface area contributed by atoms with Crippen molar-refractivity contribution in [1.82, 2.24) is 15.0 Å². The maximum absolute atomic E-state index is 14.8. The minimum absolute atomic E-state index is 0.00637. The number of halogens is 1. The summed E-state index contributed by atoms with van der Waals surface area (Å²) < 4.78 is 14.8. The largest absolute Gasteiger partial charge is 0.365 e. The SMILES string of the molecule is NC(=O)c1cc(F)c(N[C@@H]2CCCC[C@@H]2N)nc1Nc1cnc2c(NC(=O)c3ccccn3)cccc2c1. The number of pyridine rings is 3. The molecule has 7 N–H and O–H groups in total. The monoisotopic (exact) mass is 514 g/mol. The van der Waals surface area contributed by atoms with Crippen molar-refractivity contribution in [3.05, 3.63) is 78.0 Å². The molecule has 1 aromatic carbocycles. The van der Waals surface area contributed by atoms with Crippen LogP contribution in [0.25, 0.3) is 10.9 Å². The summed E-state index contributed by atoms with van der Waals surface area (Å²) in [5, 5.41) is 9.68. The van der Waals surface area contributed by atoms with Crippen molar-refractivity contribution in [2.45, 2.75) is 37.8 Å². The average molecular weight is 515 g/mol. The van der Waals surface area contributed by atoms with Crippen molar-refractivity contribution in [3.8, 4) is 0 Å². The quantitative estimate of drug-likeness (QED) is 0.248. The third-order valence-corrected chi connectivity index (χ3v) is 6.50. The van der Waals surface area contributed by atoms with Crippen LogP contribution in [0, 0.1) is 5.82 Å². The standard InChI is InChI=1S/C27H27FN8O2/c28-18-13-17(24(30)37)25(36-26(18)34-20-8-2-1-7-19(20)29)33-16-12-15-6-5-10-21(23(15)32-14-16)35-27(38)22-9-3-4-11-31-22/h3-6,9-14,19-20H,1-2,7-8,29H2,(H2,30,37)(H,35,38)(H2,33,34,36)/t19-,20+/m0/s1. The van der Waals surface area contributed by atoms with E-state index in [0.717, 1.165) is 31.7 Å². The second-order valence-corrected chi connectivity index (χ2v) is 9.17. The Morgan fingerprint density at radius 2 is 1.84 bits per heavy atom. The summed E-state index contributed by atoms with van der Waals surface area (Å²) in [7, 11) is 0. The van der Waals surface area contributed by atoms with Gasteiger partial charge in [0, 0.05) is 23.7 Å². The van der Waals surface area contributed by atoms with Crippen molar-refractivity contribution in [2.24, 2.45) is 11.5 Å². The number of nitrogens with zero attached hydrogens (tertiary/aromatic N) is 3. The van der Waals surface area contributed by atoms with E-state index in [0.29, 0.717) is 22.3 Å². The molecule has 2 atom stereocenters. The van der Waals surface area contributed by atoms with Gasteiger partial charge in [0.05, 0.1) is 28.7 Å². The highest BCUT2D eigenvalue weighted by molar-refractivity contribution is 6.07. The van der Waals surface area contributed by atoms with Gasteiger partial charge >= 0.3 is 0 Å². The number of benzene rings is 1. The third kappa shape index (κ3) is 5.37. The normalized spacial score (nSPS) is 17.1. The third-order valence-electron chi connectivity index (χ3n) is 6.50. The summed E-state index contributed by atoms with van der Waals surface area (Å²) in [6.07, 6.45) is 6.74. The molecule has 0 unspecified atom stereocenters. The zero-order valence-electron chi connectivity index (χ0n) is 20.4. The van der Waals surface area contributed by atoms with Crippen LogP contribution in [-0.4, -0.2) is 38.8 Å². The minimum atomic E-state index is -0.826. The fraction of sp³-hybridized carbons (Fsp3) is 0.222. The summed E-state index contributed by atoms with van der Waals surface area (Å²) >= 11 is 0. The lowest BCUT2D eigenvalue weighted by molar-refractivity contribution is 0.0997. The Hall–Kier alpha value is -4.64. The molecule has 0 spiro atoms. The van der Waals surface area contributed by atoms with E-state index in [4.69, 9.17) is 11.5 Å². The molecule has 1 saturated carbocycles. The van der Waals surface area contributed by atoms with Gasteiger partial charge in [-0.05, 0) is 43.2 Å². The summed E-state index contributed by atoms with van der Waals surface area (Å²) in [6.45, 7) is 0. The Labute approximate surface area is 218 Å². The average Bonchev–Trinajstić information content (AvgIpc) is 2.92. The lowest BCUT2D eigenvalue weighted by Crippen LogP contribution is -2.43. The molecule has 11 heteroatoms. The van der Waals surface area contributed by atoms with Gasteiger partial charge in [-0.1, -0.05) is 31.0 Å². The van der Waals surface area contributed by atoms with Gasteiger partial charge in [0.15, 0.2) is 11.6 Å². The van der Waals surface area contributed by atoms with E-state index >= 15 is 0 Å². The van der Waals surface area contributed by atoms with E-state index < -0.39 is 11.7 Å². The van der Waals surface area contributed by atoms with Gasteiger partial charge in [-0.2, -0.15) is 0 Å². The van der Waals surface area contributed by atoms with E-state index in [-0.39, 0.29) is 40.9 Å². The smallest absolute Gasteiger partial charge is 0.274 e. The molecule has 0 saturated heterocycles. The van der Waals surface area contributed by atoms with Crippen LogP contribution in [0.2, 0.25) is 0 Å². The Bertz CT molecular complexity index is 1500. The fourth-order valence-electron chi connectivity index (χ4n) is 4.54. The molecule has 0 bridgehead atoms. The number of carbonyl (C=O) groups is 2. The van der Waals surface area contributed by atoms with Crippen molar-refractivity contribution in [3.63, 3.8) is 0 Å². The van der Waals surface area contributed by atoms with Crippen molar-refractivity contribution in [1.29, 1.82) is 0 Å². The molecule has 0 radical (unpaired) electrons. The number of nitrogens with two attached hydrogens (primary N) is 2. The summed E-state index contributed by atoms with van der Waals surface area (Å²) in [5.74, 6) is -1.79. The van der Waals surface area contributed by atoms with Gasteiger partial charge in [0.25, 0.3) is 11.8 Å². The van der Waals surface area contributed by atoms with E-state index in [1.807, 2.05) is 6.07 Å². The number of carbonyl (C=O) groups excluding carboxylic acids is 2. The first-order valence-electron chi connectivity index (χ1n) is 12.3. The summed E-state index contributed by atoms with van der Waals surface area (Å²) in [5.41, 5.74) is 13.5. The predicted octanol–water partition coefficient (Wildman–Crippen LogP) is 3.94. The van der Waals surface area contributed by atoms with Gasteiger partial charge < -0.3 is 27.4 Å². The molecule has 5 rings (SSSR count). The minimum Gasteiger partial charge on any atom is -0.365 e. The Morgan fingerprint density at radius 1 is 1.00 bits per heavy atom. The van der Waals surface area contributed by atoms with Crippen molar-refractivity contribution in [2.75, 3.05) is 16.0 Å². The molecule has 3 aromatic heterocycles. The molecule has 3 heterocycles. The first-order chi connectivity index (χ1) is 18.4. The molecular formula is C27H27FN8O2. The molecular weight excluding hydrogens is 487 g/mol. The fourth-order valence-corrected chi connectivity index (χ4v) is 4.54. The predicted molar refractivity (Wildman–Crippen MR) is 144 cm³/mol. The lowest BCUT2D eigenvalue weighted by atomic mass is 9.91. The first-order valence-corrected chi connectivity index (χ1v) is 12.3. The van der Waals surface area contributed by atoms with Gasteiger partial charge in [0.2, 0.25) is 0 Å². The van der Waals surface area contributed by atoms with Crippen LogP contribution in [-0.2, 0) is 0 Å². The number of fused-ring (bicyclic) bond motifs is 1. The zero-order chi connectivity index (χ0) is 26.6. The molecule has 1 aliphatic rings. The Morgan fingerprint density at radius 3 is 2.61 bits per heavy atom. The lowest BCUT2D eigenvalue weighted by Gasteiger charge is -2.30. The number of hydrogen-bond acceptors (Lipinski definition) is 8. The van der Waals surface area contributed by atoms with Gasteiger partial charge in [-0.15, -0.1) is 0 Å². The van der Waals surface area contributed by atoms with Gasteiger partial charge in [0.1, 0.15) is 11.5 Å². The van der Waals surface area contributed by atoms with Crippen LogP contribution in [0.4, 0.5) is 27.4 Å². The molecule has 194 valence electrons. The number of hydrogen-bond donors (Lipinski definition) is 5. The highest BCUT2D eigenvalue weighted by Crippen LogP contribution is 2.29.